The highest BCUT2D eigenvalue weighted by Gasteiger charge is 2.23. The van der Waals surface area contributed by atoms with Crippen molar-refractivity contribution in [2.75, 3.05) is 18.5 Å². The van der Waals surface area contributed by atoms with E-state index in [9.17, 15) is 4.79 Å². The molecule has 1 aliphatic heterocycles. The number of benzene rings is 1. The summed E-state index contributed by atoms with van der Waals surface area (Å²) in [4.78, 5) is 16.3. The summed E-state index contributed by atoms with van der Waals surface area (Å²) in [6.07, 6.45) is 1.38. The van der Waals surface area contributed by atoms with Gasteiger partial charge in [-0.05, 0) is 37.5 Å². The van der Waals surface area contributed by atoms with Gasteiger partial charge in [0, 0.05) is 18.8 Å². The number of guanidine groups is 1. The molecule has 0 aromatic heterocycles. The van der Waals surface area contributed by atoms with E-state index >= 15 is 0 Å². The van der Waals surface area contributed by atoms with E-state index in [1.54, 1.807) is 0 Å². The number of rotatable bonds is 6. The van der Waals surface area contributed by atoms with Gasteiger partial charge in [0.1, 0.15) is 6.10 Å². The number of hydrogen-bond acceptors (Lipinski definition) is 3. The molecule has 1 unspecified atom stereocenters. The Morgan fingerprint density at radius 1 is 1.52 bits per heavy atom. The van der Waals surface area contributed by atoms with Crippen molar-refractivity contribution in [2.24, 2.45) is 10.7 Å². The van der Waals surface area contributed by atoms with Gasteiger partial charge in [-0.2, -0.15) is 0 Å². The van der Waals surface area contributed by atoms with E-state index in [1.807, 2.05) is 31.2 Å². The quantitative estimate of drug-likeness (QED) is 0.424. The standard InChI is InChI=1S/C17H24N4O2/c1-12(2)10-19-17(18)20-11-13-5-3-6-14(9-13)21-16(22)15-7-4-8-23-15/h3,5-6,9,15H,1,4,7-8,10-11H2,2H3,(H,21,22)(H3,18,19,20). The lowest BCUT2D eigenvalue weighted by Crippen LogP contribution is -2.32. The second-order valence-electron chi connectivity index (χ2n) is 5.70. The largest absolute Gasteiger partial charge is 0.370 e. The zero-order chi connectivity index (χ0) is 16.7. The first kappa shape index (κ1) is 17.0. The van der Waals surface area contributed by atoms with Crippen LogP contribution in [0.2, 0.25) is 0 Å². The molecule has 124 valence electrons. The van der Waals surface area contributed by atoms with Crippen LogP contribution in [-0.4, -0.2) is 31.1 Å². The van der Waals surface area contributed by atoms with E-state index in [0.29, 0.717) is 25.7 Å². The smallest absolute Gasteiger partial charge is 0.253 e. The van der Waals surface area contributed by atoms with Crippen LogP contribution in [0, 0.1) is 0 Å². The number of nitrogens with two attached hydrogens (primary N) is 1. The molecule has 1 atom stereocenters. The first-order valence-electron chi connectivity index (χ1n) is 7.74. The number of nitrogens with zero attached hydrogens (tertiary/aromatic N) is 1. The molecule has 0 aliphatic carbocycles. The van der Waals surface area contributed by atoms with Crippen LogP contribution >= 0.6 is 0 Å². The molecule has 0 radical (unpaired) electrons. The van der Waals surface area contributed by atoms with Crippen LogP contribution in [0.3, 0.4) is 0 Å². The van der Waals surface area contributed by atoms with E-state index in [2.05, 4.69) is 22.2 Å². The van der Waals surface area contributed by atoms with Gasteiger partial charge in [0.2, 0.25) is 0 Å². The van der Waals surface area contributed by atoms with Gasteiger partial charge in [-0.25, -0.2) is 4.99 Å². The monoisotopic (exact) mass is 316 g/mol. The summed E-state index contributed by atoms with van der Waals surface area (Å²) in [6.45, 7) is 7.41. The summed E-state index contributed by atoms with van der Waals surface area (Å²) in [6, 6.07) is 7.57. The predicted octanol–water partition coefficient (Wildman–Crippen LogP) is 1.78. The highest BCUT2D eigenvalue weighted by molar-refractivity contribution is 5.94. The molecule has 1 aromatic rings. The van der Waals surface area contributed by atoms with Crippen molar-refractivity contribution in [1.29, 1.82) is 0 Å². The van der Waals surface area contributed by atoms with E-state index in [1.165, 1.54) is 0 Å². The molecular formula is C17H24N4O2. The SMILES string of the molecule is C=C(C)CNC(N)=NCc1cccc(NC(=O)C2CCCO2)c1. The summed E-state index contributed by atoms with van der Waals surface area (Å²) in [5.74, 6) is 0.285. The summed E-state index contributed by atoms with van der Waals surface area (Å²) < 4.78 is 5.38. The topological polar surface area (TPSA) is 88.7 Å². The molecule has 1 fully saturated rings. The first-order chi connectivity index (χ1) is 11.0. The Bertz CT molecular complexity index is 592. The molecule has 0 bridgehead atoms. The molecule has 6 heteroatoms. The molecule has 1 saturated heterocycles. The van der Waals surface area contributed by atoms with Crippen molar-refractivity contribution in [3.8, 4) is 0 Å². The average molecular weight is 316 g/mol. The first-order valence-corrected chi connectivity index (χ1v) is 7.74. The van der Waals surface area contributed by atoms with Crippen LogP contribution in [0.4, 0.5) is 5.69 Å². The molecule has 0 saturated carbocycles. The van der Waals surface area contributed by atoms with Crippen LogP contribution < -0.4 is 16.4 Å². The predicted molar refractivity (Wildman–Crippen MR) is 92.2 cm³/mol. The van der Waals surface area contributed by atoms with Gasteiger partial charge in [-0.3, -0.25) is 4.79 Å². The van der Waals surface area contributed by atoms with E-state index in [0.717, 1.165) is 29.7 Å². The number of nitrogens with one attached hydrogen (secondary N) is 2. The highest BCUT2D eigenvalue weighted by atomic mass is 16.5. The summed E-state index contributed by atoms with van der Waals surface area (Å²) in [5, 5.41) is 5.86. The number of ether oxygens (including phenoxy) is 1. The Kier molecular flexibility index (Phi) is 6.17. The average Bonchev–Trinajstić information content (AvgIpc) is 3.06. The second-order valence-corrected chi connectivity index (χ2v) is 5.70. The third-order valence-corrected chi connectivity index (χ3v) is 3.42. The van der Waals surface area contributed by atoms with Gasteiger partial charge >= 0.3 is 0 Å². The summed E-state index contributed by atoms with van der Waals surface area (Å²) >= 11 is 0. The number of aliphatic imine (C=N–C) groups is 1. The highest BCUT2D eigenvalue weighted by Crippen LogP contribution is 2.16. The Hall–Kier alpha value is -2.34. The van der Waals surface area contributed by atoms with E-state index in [-0.39, 0.29) is 12.0 Å². The van der Waals surface area contributed by atoms with E-state index < -0.39 is 0 Å². The normalized spacial score (nSPS) is 17.8. The fraction of sp³-hybridized carbons (Fsp3) is 0.412. The molecule has 2 rings (SSSR count). The maximum absolute atomic E-state index is 12.0. The van der Waals surface area contributed by atoms with Crippen molar-refractivity contribution in [2.45, 2.75) is 32.4 Å². The van der Waals surface area contributed by atoms with Crippen LogP contribution in [0.15, 0.2) is 41.4 Å². The minimum Gasteiger partial charge on any atom is -0.370 e. The second kappa shape index (κ2) is 8.33. The van der Waals surface area contributed by atoms with Crippen molar-refractivity contribution >= 4 is 17.6 Å². The van der Waals surface area contributed by atoms with Gasteiger partial charge in [0.15, 0.2) is 5.96 Å². The zero-order valence-electron chi connectivity index (χ0n) is 13.5. The molecule has 1 amide bonds. The summed E-state index contributed by atoms with van der Waals surface area (Å²) in [7, 11) is 0. The lowest BCUT2D eigenvalue weighted by molar-refractivity contribution is -0.124. The molecule has 4 N–H and O–H groups in total. The maximum atomic E-state index is 12.0. The fourth-order valence-corrected chi connectivity index (χ4v) is 2.23. The Morgan fingerprint density at radius 2 is 2.35 bits per heavy atom. The molecule has 0 spiro atoms. The molecule has 1 heterocycles. The van der Waals surface area contributed by atoms with Crippen molar-refractivity contribution in [3.63, 3.8) is 0 Å². The van der Waals surface area contributed by atoms with Gasteiger partial charge < -0.3 is 21.1 Å². The molecule has 1 aliphatic rings. The van der Waals surface area contributed by atoms with Crippen molar-refractivity contribution in [3.05, 3.63) is 42.0 Å². The number of carbonyl (C=O) groups is 1. The molecular weight excluding hydrogens is 292 g/mol. The molecule has 23 heavy (non-hydrogen) atoms. The van der Waals surface area contributed by atoms with Crippen LogP contribution in [0.25, 0.3) is 0 Å². The van der Waals surface area contributed by atoms with Gasteiger partial charge in [0.05, 0.1) is 6.54 Å². The number of anilines is 1. The van der Waals surface area contributed by atoms with Crippen molar-refractivity contribution in [1.82, 2.24) is 5.32 Å². The third kappa shape index (κ3) is 5.75. The number of hydrogen-bond donors (Lipinski definition) is 3. The van der Waals surface area contributed by atoms with Crippen molar-refractivity contribution < 1.29 is 9.53 Å². The molecule has 6 nitrogen and oxygen atoms in total. The van der Waals surface area contributed by atoms with Gasteiger partial charge in [-0.1, -0.05) is 24.3 Å². The third-order valence-electron chi connectivity index (χ3n) is 3.42. The number of carbonyl (C=O) groups excluding carboxylic acids is 1. The lowest BCUT2D eigenvalue weighted by atomic mass is 10.2. The Labute approximate surface area is 136 Å². The Balaban J connectivity index is 1.90. The van der Waals surface area contributed by atoms with Gasteiger partial charge in [-0.15, -0.1) is 0 Å². The minimum atomic E-state index is -0.335. The lowest BCUT2D eigenvalue weighted by Gasteiger charge is -2.11. The summed E-state index contributed by atoms with van der Waals surface area (Å²) in [5.41, 5.74) is 8.48. The fourth-order valence-electron chi connectivity index (χ4n) is 2.23. The zero-order valence-corrected chi connectivity index (χ0v) is 13.5. The van der Waals surface area contributed by atoms with Crippen LogP contribution in [0.5, 0.6) is 0 Å². The Morgan fingerprint density at radius 3 is 3.04 bits per heavy atom. The van der Waals surface area contributed by atoms with Gasteiger partial charge in [0.25, 0.3) is 5.91 Å². The minimum absolute atomic E-state index is 0.0919. The van der Waals surface area contributed by atoms with Crippen LogP contribution in [-0.2, 0) is 16.1 Å². The molecule has 1 aromatic carbocycles. The van der Waals surface area contributed by atoms with E-state index in [4.69, 9.17) is 10.5 Å². The number of amides is 1. The maximum Gasteiger partial charge on any atom is 0.253 e. The van der Waals surface area contributed by atoms with Crippen LogP contribution in [0.1, 0.15) is 25.3 Å².